The summed E-state index contributed by atoms with van der Waals surface area (Å²) < 4.78 is 34.3. The van der Waals surface area contributed by atoms with Gasteiger partial charge in [0.15, 0.2) is 6.10 Å². The van der Waals surface area contributed by atoms with E-state index in [0.717, 1.165) is 6.92 Å². The molecule has 0 rings (SSSR count). The first-order valence-electron chi connectivity index (χ1n) is 2.62. The van der Waals surface area contributed by atoms with E-state index in [1.807, 2.05) is 0 Å². The molecule has 0 bridgehead atoms. The van der Waals surface area contributed by atoms with Crippen molar-refractivity contribution in [1.29, 1.82) is 0 Å². The number of alkyl halides is 3. The molecular weight excluding hydrogens is 149 g/mol. The molecule has 0 saturated heterocycles. The first kappa shape index (κ1) is 9.71. The molecule has 0 aliphatic carbocycles. The second-order valence-corrected chi connectivity index (χ2v) is 1.92. The number of rotatable bonds is 2. The third kappa shape index (κ3) is 3.68. The fourth-order valence-electron chi connectivity index (χ4n) is 0.373. The largest absolute Gasteiger partial charge is 0.414 e. The Hall–Kier alpha value is -0.290. The van der Waals surface area contributed by atoms with E-state index in [-0.39, 0.29) is 0 Å². The van der Waals surface area contributed by atoms with Crippen LogP contribution < -0.4 is 0 Å². The Morgan fingerprint density at radius 3 is 1.80 bits per heavy atom. The molecule has 10 heavy (non-hydrogen) atoms. The highest BCUT2D eigenvalue weighted by atomic mass is 19.4. The molecule has 0 saturated carbocycles. The lowest BCUT2D eigenvalue weighted by Gasteiger charge is -2.14. The molecule has 2 N–H and O–H groups in total. The van der Waals surface area contributed by atoms with Crippen LogP contribution in [0.1, 0.15) is 6.92 Å². The van der Waals surface area contributed by atoms with Crippen LogP contribution in [0.2, 0.25) is 0 Å². The van der Waals surface area contributed by atoms with Gasteiger partial charge < -0.3 is 10.2 Å². The fraction of sp³-hybridized carbons (Fsp3) is 0.800. The molecule has 0 amide bonds. The van der Waals surface area contributed by atoms with E-state index < -0.39 is 18.4 Å². The number of halogens is 3. The predicted molar refractivity (Wildman–Crippen MR) is 28.0 cm³/mol. The van der Waals surface area contributed by atoms with Crippen molar-refractivity contribution in [2.75, 3.05) is 0 Å². The van der Waals surface area contributed by atoms with E-state index in [2.05, 4.69) is 0 Å². The maximum Gasteiger partial charge on any atom is 0.414 e. The summed E-state index contributed by atoms with van der Waals surface area (Å²) in [5.74, 6) is 0. The third-order valence-corrected chi connectivity index (χ3v) is 0.796. The maximum absolute atomic E-state index is 11.4. The van der Waals surface area contributed by atoms with Gasteiger partial charge in [-0.05, 0) is 6.92 Å². The van der Waals surface area contributed by atoms with Crippen molar-refractivity contribution < 1.29 is 23.4 Å². The number of aliphatic hydroxyl groups excluding tert-OH is 2. The van der Waals surface area contributed by atoms with Crippen LogP contribution in [0, 0.1) is 6.42 Å². The van der Waals surface area contributed by atoms with Crippen molar-refractivity contribution in [2.45, 2.75) is 25.3 Å². The smallest absolute Gasteiger partial charge is 0.393 e. The molecular formula is C5H8F3O2. The molecule has 0 aliphatic heterocycles. The maximum atomic E-state index is 11.4. The van der Waals surface area contributed by atoms with Gasteiger partial charge in [0.2, 0.25) is 0 Å². The Bertz CT molecular complexity index is 99.6. The summed E-state index contributed by atoms with van der Waals surface area (Å²) in [6.07, 6.45) is -8.05. The van der Waals surface area contributed by atoms with Crippen LogP contribution in [0.5, 0.6) is 0 Å². The van der Waals surface area contributed by atoms with Gasteiger partial charge in [-0.2, -0.15) is 13.2 Å². The van der Waals surface area contributed by atoms with Crippen LogP contribution in [-0.4, -0.2) is 28.6 Å². The molecule has 1 radical (unpaired) electrons. The average molecular weight is 157 g/mol. The second-order valence-electron chi connectivity index (χ2n) is 1.92. The summed E-state index contributed by atoms with van der Waals surface area (Å²) >= 11 is 0. The molecule has 0 aliphatic rings. The first-order valence-corrected chi connectivity index (χ1v) is 2.62. The van der Waals surface area contributed by atoms with Crippen molar-refractivity contribution in [2.24, 2.45) is 0 Å². The standard InChI is InChI=1S/C5H8F3O2/c1-3(9)2-4(10)5(6,7)8/h2-4,9-10H,1H3. The summed E-state index contributed by atoms with van der Waals surface area (Å²) in [6.45, 7) is 1.13. The topological polar surface area (TPSA) is 40.5 Å². The lowest BCUT2D eigenvalue weighted by Crippen LogP contribution is -2.32. The summed E-state index contributed by atoms with van der Waals surface area (Å²) in [5, 5.41) is 16.6. The van der Waals surface area contributed by atoms with Crippen LogP contribution >= 0.6 is 0 Å². The Balaban J connectivity index is 3.73. The van der Waals surface area contributed by atoms with Gasteiger partial charge in [-0.3, -0.25) is 0 Å². The van der Waals surface area contributed by atoms with Crippen molar-refractivity contribution in [3.8, 4) is 0 Å². The minimum atomic E-state index is -4.67. The highest BCUT2D eigenvalue weighted by Crippen LogP contribution is 2.22. The molecule has 0 aromatic carbocycles. The third-order valence-electron chi connectivity index (χ3n) is 0.796. The molecule has 0 fully saturated rings. The lowest BCUT2D eigenvalue weighted by molar-refractivity contribution is -0.195. The van der Waals surface area contributed by atoms with Crippen LogP contribution in [0.25, 0.3) is 0 Å². The molecule has 2 nitrogen and oxygen atoms in total. The van der Waals surface area contributed by atoms with Crippen LogP contribution in [0.3, 0.4) is 0 Å². The van der Waals surface area contributed by atoms with Gasteiger partial charge >= 0.3 is 6.18 Å². The average Bonchev–Trinajstić information content (AvgIpc) is 1.60. The van der Waals surface area contributed by atoms with Gasteiger partial charge in [0, 0.05) is 6.42 Å². The van der Waals surface area contributed by atoms with E-state index in [1.165, 1.54) is 0 Å². The van der Waals surface area contributed by atoms with Gasteiger partial charge in [-0.1, -0.05) is 0 Å². The summed E-state index contributed by atoms with van der Waals surface area (Å²) in [7, 11) is 0. The molecule has 5 heteroatoms. The van der Waals surface area contributed by atoms with E-state index in [0.29, 0.717) is 6.42 Å². The SMILES string of the molecule is CC(O)[CH]C(O)C(F)(F)F. The molecule has 0 heterocycles. The molecule has 0 spiro atoms. The highest BCUT2D eigenvalue weighted by Gasteiger charge is 2.38. The summed E-state index contributed by atoms with van der Waals surface area (Å²) in [4.78, 5) is 0. The summed E-state index contributed by atoms with van der Waals surface area (Å²) in [5.41, 5.74) is 0. The second kappa shape index (κ2) is 3.21. The predicted octanol–water partition coefficient (Wildman–Crippen LogP) is 0.495. The Labute approximate surface area is 56.3 Å². The molecule has 2 atom stereocenters. The molecule has 0 aromatic heterocycles. The zero-order chi connectivity index (χ0) is 8.36. The molecule has 2 unspecified atom stereocenters. The Morgan fingerprint density at radius 2 is 1.70 bits per heavy atom. The quantitative estimate of drug-likeness (QED) is 0.612. The fourth-order valence-corrected chi connectivity index (χ4v) is 0.373. The molecule has 61 valence electrons. The number of hydrogen-bond donors (Lipinski definition) is 2. The van der Waals surface area contributed by atoms with Gasteiger partial charge in [0.25, 0.3) is 0 Å². The van der Waals surface area contributed by atoms with Crippen molar-refractivity contribution in [1.82, 2.24) is 0 Å². The van der Waals surface area contributed by atoms with Crippen molar-refractivity contribution in [3.05, 3.63) is 6.42 Å². The minimum Gasteiger partial charge on any atom is -0.393 e. The minimum absolute atomic E-state index is 0.403. The van der Waals surface area contributed by atoms with Crippen molar-refractivity contribution >= 4 is 0 Å². The monoisotopic (exact) mass is 157 g/mol. The van der Waals surface area contributed by atoms with Crippen molar-refractivity contribution in [3.63, 3.8) is 0 Å². The highest BCUT2D eigenvalue weighted by molar-refractivity contribution is 4.85. The molecule has 0 aromatic rings. The Morgan fingerprint density at radius 1 is 1.30 bits per heavy atom. The summed E-state index contributed by atoms with van der Waals surface area (Å²) in [6, 6.07) is 0. The van der Waals surface area contributed by atoms with Gasteiger partial charge in [-0.25, -0.2) is 0 Å². The van der Waals surface area contributed by atoms with Gasteiger partial charge in [0.05, 0.1) is 6.10 Å². The first-order chi connectivity index (χ1) is 4.34. The number of hydrogen-bond acceptors (Lipinski definition) is 2. The van der Waals surface area contributed by atoms with Gasteiger partial charge in [0.1, 0.15) is 0 Å². The zero-order valence-electron chi connectivity index (χ0n) is 5.26. The lowest BCUT2D eigenvalue weighted by atomic mass is 10.2. The Kier molecular flexibility index (Phi) is 3.11. The van der Waals surface area contributed by atoms with E-state index in [1.54, 1.807) is 0 Å². The van der Waals surface area contributed by atoms with E-state index >= 15 is 0 Å². The van der Waals surface area contributed by atoms with E-state index in [9.17, 15) is 13.2 Å². The van der Waals surface area contributed by atoms with E-state index in [4.69, 9.17) is 10.2 Å². The zero-order valence-corrected chi connectivity index (χ0v) is 5.26. The van der Waals surface area contributed by atoms with Crippen LogP contribution in [0.15, 0.2) is 0 Å². The van der Waals surface area contributed by atoms with Gasteiger partial charge in [-0.15, -0.1) is 0 Å². The van der Waals surface area contributed by atoms with Crippen LogP contribution in [-0.2, 0) is 0 Å². The van der Waals surface area contributed by atoms with Crippen LogP contribution in [0.4, 0.5) is 13.2 Å². The normalized spacial score (nSPS) is 18.6. The number of aliphatic hydroxyl groups is 2.